The van der Waals surface area contributed by atoms with E-state index < -0.39 is 0 Å². The molecule has 3 heteroatoms. The molecule has 0 rings (SSSR count). The van der Waals surface area contributed by atoms with Crippen molar-refractivity contribution in [3.8, 4) is 0 Å². The zero-order valence-electron chi connectivity index (χ0n) is 12.7. The number of nitrogens with one attached hydrogen (secondary N) is 1. The standard InChI is InChI=1S/C14H32N2O/c1-7-13(3)16(9-10-17-6)12-14(4,5)11-15-8-2/h13,15H,7-12H2,1-6H3. The SMILES string of the molecule is CCNCC(C)(C)CN(CCOC)C(C)CC. The quantitative estimate of drug-likeness (QED) is 0.638. The van der Waals surface area contributed by atoms with Crippen molar-refractivity contribution in [3.63, 3.8) is 0 Å². The van der Waals surface area contributed by atoms with Crippen molar-refractivity contribution in [2.45, 2.75) is 47.1 Å². The van der Waals surface area contributed by atoms with E-state index >= 15 is 0 Å². The van der Waals surface area contributed by atoms with Crippen LogP contribution < -0.4 is 5.32 Å². The van der Waals surface area contributed by atoms with E-state index in [1.54, 1.807) is 7.11 Å². The molecule has 0 aliphatic carbocycles. The molecule has 0 saturated carbocycles. The average molecular weight is 244 g/mol. The van der Waals surface area contributed by atoms with Crippen molar-refractivity contribution in [2.24, 2.45) is 5.41 Å². The van der Waals surface area contributed by atoms with E-state index in [4.69, 9.17) is 4.74 Å². The molecule has 0 fully saturated rings. The van der Waals surface area contributed by atoms with E-state index in [1.807, 2.05) is 0 Å². The molecule has 1 N–H and O–H groups in total. The molecule has 0 saturated heterocycles. The van der Waals surface area contributed by atoms with Crippen molar-refractivity contribution < 1.29 is 4.74 Å². The van der Waals surface area contributed by atoms with Crippen molar-refractivity contribution in [2.75, 3.05) is 39.9 Å². The molecule has 0 aromatic rings. The first kappa shape index (κ1) is 16.9. The van der Waals surface area contributed by atoms with Gasteiger partial charge in [0.05, 0.1) is 6.61 Å². The second-order valence-corrected chi connectivity index (χ2v) is 5.67. The van der Waals surface area contributed by atoms with Crippen molar-refractivity contribution in [1.82, 2.24) is 10.2 Å². The smallest absolute Gasteiger partial charge is 0.0589 e. The van der Waals surface area contributed by atoms with E-state index in [2.05, 4.69) is 44.8 Å². The molecule has 1 unspecified atom stereocenters. The summed E-state index contributed by atoms with van der Waals surface area (Å²) in [5, 5.41) is 3.45. The summed E-state index contributed by atoms with van der Waals surface area (Å²) < 4.78 is 5.21. The Labute approximate surface area is 108 Å². The van der Waals surface area contributed by atoms with Crippen LogP contribution in [0.25, 0.3) is 0 Å². The predicted octanol–water partition coefficient (Wildman–Crippen LogP) is 2.37. The average Bonchev–Trinajstić information content (AvgIpc) is 2.30. The Morgan fingerprint density at radius 2 is 1.94 bits per heavy atom. The van der Waals surface area contributed by atoms with E-state index in [0.717, 1.165) is 32.8 Å². The van der Waals surface area contributed by atoms with Gasteiger partial charge in [-0.2, -0.15) is 0 Å². The number of rotatable bonds is 10. The first-order chi connectivity index (χ1) is 7.96. The van der Waals surface area contributed by atoms with E-state index in [0.29, 0.717) is 11.5 Å². The number of methoxy groups -OCH3 is 1. The van der Waals surface area contributed by atoms with Gasteiger partial charge in [-0.25, -0.2) is 0 Å². The maximum Gasteiger partial charge on any atom is 0.0589 e. The highest BCUT2D eigenvalue weighted by atomic mass is 16.5. The van der Waals surface area contributed by atoms with Gasteiger partial charge in [-0.3, -0.25) is 4.90 Å². The van der Waals surface area contributed by atoms with Crippen LogP contribution in [0.2, 0.25) is 0 Å². The summed E-state index contributed by atoms with van der Waals surface area (Å²) in [7, 11) is 1.78. The van der Waals surface area contributed by atoms with Gasteiger partial charge < -0.3 is 10.1 Å². The van der Waals surface area contributed by atoms with Crippen molar-refractivity contribution >= 4 is 0 Å². The van der Waals surface area contributed by atoms with Crippen LogP contribution >= 0.6 is 0 Å². The minimum atomic E-state index is 0.313. The fourth-order valence-electron chi connectivity index (χ4n) is 1.99. The third-order valence-electron chi connectivity index (χ3n) is 3.28. The van der Waals surface area contributed by atoms with Gasteiger partial charge in [0.1, 0.15) is 0 Å². The van der Waals surface area contributed by atoms with Crippen LogP contribution in [-0.4, -0.2) is 50.8 Å². The Kier molecular flexibility index (Phi) is 8.83. The molecule has 0 radical (unpaired) electrons. The summed E-state index contributed by atoms with van der Waals surface area (Å²) in [6.45, 7) is 16.5. The molecule has 0 aliphatic heterocycles. The molecule has 1 atom stereocenters. The highest BCUT2D eigenvalue weighted by Gasteiger charge is 2.23. The summed E-state index contributed by atoms with van der Waals surface area (Å²) in [5.74, 6) is 0. The van der Waals surface area contributed by atoms with Gasteiger partial charge in [-0.05, 0) is 25.3 Å². The van der Waals surface area contributed by atoms with Crippen LogP contribution in [0.5, 0.6) is 0 Å². The van der Waals surface area contributed by atoms with Crippen LogP contribution in [0.1, 0.15) is 41.0 Å². The van der Waals surface area contributed by atoms with E-state index in [-0.39, 0.29) is 0 Å². The van der Waals surface area contributed by atoms with Gasteiger partial charge >= 0.3 is 0 Å². The van der Waals surface area contributed by atoms with Gasteiger partial charge in [-0.15, -0.1) is 0 Å². The molecular formula is C14H32N2O. The normalized spacial score (nSPS) is 14.3. The largest absolute Gasteiger partial charge is 0.383 e. The minimum Gasteiger partial charge on any atom is -0.383 e. The van der Waals surface area contributed by atoms with Gasteiger partial charge in [0, 0.05) is 32.8 Å². The van der Waals surface area contributed by atoms with Crippen LogP contribution in [0.3, 0.4) is 0 Å². The van der Waals surface area contributed by atoms with Crippen LogP contribution in [0.4, 0.5) is 0 Å². The lowest BCUT2D eigenvalue weighted by molar-refractivity contribution is 0.0893. The number of ether oxygens (including phenoxy) is 1. The molecular weight excluding hydrogens is 212 g/mol. The van der Waals surface area contributed by atoms with Crippen molar-refractivity contribution in [3.05, 3.63) is 0 Å². The van der Waals surface area contributed by atoms with Gasteiger partial charge in [0.25, 0.3) is 0 Å². The summed E-state index contributed by atoms with van der Waals surface area (Å²) in [6.07, 6.45) is 1.20. The molecule has 3 nitrogen and oxygen atoms in total. The highest BCUT2D eigenvalue weighted by molar-refractivity contribution is 4.78. The molecule has 17 heavy (non-hydrogen) atoms. The maximum atomic E-state index is 5.21. The molecule has 0 aromatic heterocycles. The third-order valence-corrected chi connectivity index (χ3v) is 3.28. The minimum absolute atomic E-state index is 0.313. The molecule has 0 aliphatic rings. The number of hydrogen-bond donors (Lipinski definition) is 1. The molecule has 0 aromatic carbocycles. The van der Waals surface area contributed by atoms with E-state index in [9.17, 15) is 0 Å². The Hall–Kier alpha value is -0.120. The summed E-state index contributed by atoms with van der Waals surface area (Å²) in [4.78, 5) is 2.54. The Balaban J connectivity index is 4.28. The maximum absolute atomic E-state index is 5.21. The molecule has 0 heterocycles. The monoisotopic (exact) mass is 244 g/mol. The lowest BCUT2D eigenvalue weighted by Gasteiger charge is -2.36. The lowest BCUT2D eigenvalue weighted by atomic mass is 9.92. The molecule has 0 amide bonds. The first-order valence-corrected chi connectivity index (χ1v) is 6.90. The molecule has 0 spiro atoms. The van der Waals surface area contributed by atoms with Crippen LogP contribution in [-0.2, 0) is 4.74 Å². The number of hydrogen-bond acceptors (Lipinski definition) is 3. The Morgan fingerprint density at radius 3 is 2.41 bits per heavy atom. The number of nitrogens with zero attached hydrogens (tertiary/aromatic N) is 1. The Morgan fingerprint density at radius 1 is 1.29 bits per heavy atom. The third kappa shape index (κ3) is 7.74. The topological polar surface area (TPSA) is 24.5 Å². The molecule has 0 bridgehead atoms. The highest BCUT2D eigenvalue weighted by Crippen LogP contribution is 2.18. The second kappa shape index (κ2) is 8.90. The Bertz CT molecular complexity index is 183. The van der Waals surface area contributed by atoms with Gasteiger partial charge in [0.15, 0.2) is 0 Å². The van der Waals surface area contributed by atoms with Crippen LogP contribution in [0.15, 0.2) is 0 Å². The zero-order chi connectivity index (χ0) is 13.3. The van der Waals surface area contributed by atoms with Crippen LogP contribution in [0, 0.1) is 5.41 Å². The second-order valence-electron chi connectivity index (χ2n) is 5.67. The zero-order valence-corrected chi connectivity index (χ0v) is 12.7. The predicted molar refractivity (Wildman–Crippen MR) is 75.5 cm³/mol. The summed E-state index contributed by atoms with van der Waals surface area (Å²) in [6, 6.07) is 0.631. The van der Waals surface area contributed by atoms with Crippen molar-refractivity contribution in [1.29, 1.82) is 0 Å². The van der Waals surface area contributed by atoms with Gasteiger partial charge in [0.2, 0.25) is 0 Å². The fourth-order valence-corrected chi connectivity index (χ4v) is 1.99. The first-order valence-electron chi connectivity index (χ1n) is 6.90. The van der Waals surface area contributed by atoms with Gasteiger partial charge in [-0.1, -0.05) is 27.7 Å². The molecule has 104 valence electrons. The van der Waals surface area contributed by atoms with E-state index in [1.165, 1.54) is 6.42 Å². The summed E-state index contributed by atoms with van der Waals surface area (Å²) >= 11 is 0. The lowest BCUT2D eigenvalue weighted by Crippen LogP contribution is -2.45. The fraction of sp³-hybridized carbons (Fsp3) is 1.00. The summed E-state index contributed by atoms with van der Waals surface area (Å²) in [5.41, 5.74) is 0.313.